The monoisotopic (exact) mass is 372 g/mol. The summed E-state index contributed by atoms with van der Waals surface area (Å²) in [5.41, 5.74) is 2.65. The van der Waals surface area contributed by atoms with Gasteiger partial charge in [-0.2, -0.15) is 0 Å². The van der Waals surface area contributed by atoms with Crippen LogP contribution in [0.4, 0.5) is 0 Å². The fourth-order valence-corrected chi connectivity index (χ4v) is 3.52. The smallest absolute Gasteiger partial charge is 0.162 e. The van der Waals surface area contributed by atoms with Crippen LogP contribution in [0.1, 0.15) is 5.56 Å². The lowest BCUT2D eigenvalue weighted by Crippen LogP contribution is -1.92. The lowest BCUT2D eigenvalue weighted by atomic mass is 10.1. The molecule has 2 nitrogen and oxygen atoms in total. The van der Waals surface area contributed by atoms with Gasteiger partial charge < -0.3 is 0 Å². The topological polar surface area (TPSA) is 25.8 Å². The highest BCUT2D eigenvalue weighted by molar-refractivity contribution is 9.11. The number of nitrogens with zero attached hydrogens (tertiary/aromatic N) is 2. The van der Waals surface area contributed by atoms with Gasteiger partial charge in [0.1, 0.15) is 5.15 Å². The average Bonchev–Trinajstić information content (AvgIpc) is 2.77. The van der Waals surface area contributed by atoms with Crippen molar-refractivity contribution in [1.82, 2.24) is 9.97 Å². The maximum Gasteiger partial charge on any atom is 0.162 e. The molecule has 0 aliphatic heterocycles. The van der Waals surface area contributed by atoms with Gasteiger partial charge in [-0.3, -0.25) is 0 Å². The number of fused-ring (bicyclic) bond motifs is 1. The van der Waals surface area contributed by atoms with Crippen LogP contribution in [-0.2, 0) is 0 Å². The van der Waals surface area contributed by atoms with E-state index in [2.05, 4.69) is 25.9 Å². The number of aromatic nitrogens is 2. The van der Waals surface area contributed by atoms with Gasteiger partial charge in [-0.15, -0.1) is 11.3 Å². The van der Waals surface area contributed by atoms with E-state index in [-0.39, 0.29) is 0 Å². The number of rotatable bonds is 1. The van der Waals surface area contributed by atoms with Gasteiger partial charge in [-0.25, -0.2) is 9.97 Å². The van der Waals surface area contributed by atoms with Gasteiger partial charge in [-0.05, 0) is 46.6 Å². The molecule has 0 spiro atoms. The molecule has 19 heavy (non-hydrogen) atoms. The van der Waals surface area contributed by atoms with Gasteiger partial charge in [0, 0.05) is 16.3 Å². The van der Waals surface area contributed by atoms with Crippen LogP contribution >= 0.6 is 50.5 Å². The Bertz CT molecular complexity index is 786. The molecule has 0 aliphatic rings. The molecule has 96 valence electrons. The maximum atomic E-state index is 6.24. The second-order valence-electron chi connectivity index (χ2n) is 4.12. The summed E-state index contributed by atoms with van der Waals surface area (Å²) >= 11 is 17.5. The average molecular weight is 374 g/mol. The van der Waals surface area contributed by atoms with E-state index in [0.717, 1.165) is 20.3 Å². The van der Waals surface area contributed by atoms with Crippen LogP contribution in [0.15, 0.2) is 27.4 Å². The highest BCUT2D eigenvalue weighted by Crippen LogP contribution is 2.32. The van der Waals surface area contributed by atoms with Gasteiger partial charge in [-0.1, -0.05) is 23.2 Å². The van der Waals surface area contributed by atoms with E-state index in [4.69, 9.17) is 23.2 Å². The first kappa shape index (κ1) is 13.3. The van der Waals surface area contributed by atoms with E-state index in [0.29, 0.717) is 21.5 Å². The molecular weight excluding hydrogens is 367 g/mol. The molecular formula is C13H7BrCl2N2S. The molecule has 0 N–H and O–H groups in total. The van der Waals surface area contributed by atoms with Crippen LogP contribution in [0.25, 0.3) is 22.3 Å². The number of hydrogen-bond donors (Lipinski definition) is 0. The van der Waals surface area contributed by atoms with Crippen molar-refractivity contribution < 1.29 is 0 Å². The third-order valence-corrected chi connectivity index (χ3v) is 4.76. The summed E-state index contributed by atoms with van der Waals surface area (Å²) in [6.45, 7) is 1.96. The predicted octanol–water partition coefficient (Wildman–Crippen LogP) is 5.74. The molecule has 3 aromatic rings. The molecule has 2 aromatic heterocycles. The van der Waals surface area contributed by atoms with Crippen molar-refractivity contribution in [3.05, 3.63) is 43.1 Å². The summed E-state index contributed by atoms with van der Waals surface area (Å²) in [5.74, 6) is 0.588. The molecule has 0 bridgehead atoms. The lowest BCUT2D eigenvalue weighted by Gasteiger charge is -2.06. The minimum atomic E-state index is 0.424. The molecule has 0 saturated carbocycles. The van der Waals surface area contributed by atoms with Crippen molar-refractivity contribution in [2.45, 2.75) is 6.92 Å². The fourth-order valence-electron chi connectivity index (χ4n) is 1.85. The molecule has 1 aromatic carbocycles. The molecule has 0 fully saturated rings. The third kappa shape index (κ3) is 2.50. The zero-order chi connectivity index (χ0) is 13.6. The zero-order valence-electron chi connectivity index (χ0n) is 9.75. The van der Waals surface area contributed by atoms with Crippen molar-refractivity contribution in [2.24, 2.45) is 0 Å². The van der Waals surface area contributed by atoms with E-state index < -0.39 is 0 Å². The Labute approximate surface area is 132 Å². The Morgan fingerprint density at radius 1 is 1.16 bits per heavy atom. The number of halogens is 3. The number of aryl methyl sites for hydroxylation is 1. The summed E-state index contributed by atoms with van der Waals surface area (Å²) in [6.07, 6.45) is 0. The Morgan fingerprint density at radius 2 is 1.95 bits per heavy atom. The molecule has 6 heteroatoms. The lowest BCUT2D eigenvalue weighted by molar-refractivity contribution is 1.23. The fraction of sp³-hybridized carbons (Fsp3) is 0.0769. The van der Waals surface area contributed by atoms with Crippen molar-refractivity contribution in [1.29, 1.82) is 0 Å². The quantitative estimate of drug-likeness (QED) is 0.508. The minimum Gasteiger partial charge on any atom is -0.226 e. The summed E-state index contributed by atoms with van der Waals surface area (Å²) in [6, 6.07) is 5.78. The molecule has 0 unspecified atom stereocenters. The number of thiophene rings is 1. The Morgan fingerprint density at radius 3 is 2.63 bits per heavy atom. The van der Waals surface area contributed by atoms with E-state index in [1.165, 1.54) is 0 Å². The predicted molar refractivity (Wildman–Crippen MR) is 85.3 cm³/mol. The Balaban J connectivity index is 2.30. The SMILES string of the molecule is Cc1cc(Cl)c2nc(-c3csc(Br)c3)nc(Cl)c2c1. The summed E-state index contributed by atoms with van der Waals surface area (Å²) < 4.78 is 1.03. The van der Waals surface area contributed by atoms with Crippen LogP contribution in [-0.4, -0.2) is 9.97 Å². The molecule has 3 rings (SSSR count). The molecule has 0 saturated heterocycles. The molecule has 0 aliphatic carbocycles. The van der Waals surface area contributed by atoms with E-state index in [1.807, 2.05) is 30.5 Å². The first-order valence-electron chi connectivity index (χ1n) is 5.42. The summed E-state index contributed by atoms with van der Waals surface area (Å²) in [7, 11) is 0. The first-order chi connectivity index (χ1) is 9.04. The highest BCUT2D eigenvalue weighted by Gasteiger charge is 2.12. The van der Waals surface area contributed by atoms with Crippen molar-refractivity contribution in [2.75, 3.05) is 0 Å². The summed E-state index contributed by atoms with van der Waals surface area (Å²) in [5, 5.41) is 3.77. The van der Waals surface area contributed by atoms with Crippen molar-refractivity contribution in [3.8, 4) is 11.4 Å². The normalized spacial score (nSPS) is 11.2. The zero-order valence-corrected chi connectivity index (χ0v) is 13.7. The first-order valence-corrected chi connectivity index (χ1v) is 7.85. The van der Waals surface area contributed by atoms with Gasteiger partial charge in [0.15, 0.2) is 5.82 Å². The number of benzene rings is 1. The Hall–Kier alpha value is -0.680. The highest BCUT2D eigenvalue weighted by atomic mass is 79.9. The second kappa shape index (κ2) is 5.02. The molecule has 0 atom stereocenters. The van der Waals surface area contributed by atoms with Crippen LogP contribution < -0.4 is 0 Å². The molecule has 0 radical (unpaired) electrons. The van der Waals surface area contributed by atoms with Crippen LogP contribution in [0.2, 0.25) is 10.2 Å². The summed E-state index contributed by atoms with van der Waals surface area (Å²) in [4.78, 5) is 8.87. The Kier molecular flexibility index (Phi) is 3.52. The largest absolute Gasteiger partial charge is 0.226 e. The van der Waals surface area contributed by atoms with Crippen LogP contribution in [0.5, 0.6) is 0 Å². The van der Waals surface area contributed by atoms with Crippen LogP contribution in [0, 0.1) is 6.92 Å². The standard InChI is InChI=1S/C13H7BrCl2N2S/c1-6-2-8-11(9(15)3-6)17-13(18-12(8)16)7-4-10(14)19-5-7/h2-5H,1H3. The van der Waals surface area contributed by atoms with Crippen LogP contribution in [0.3, 0.4) is 0 Å². The third-order valence-electron chi connectivity index (χ3n) is 2.68. The maximum absolute atomic E-state index is 6.24. The molecule has 0 amide bonds. The molecule has 2 heterocycles. The van der Waals surface area contributed by atoms with Gasteiger partial charge in [0.2, 0.25) is 0 Å². The van der Waals surface area contributed by atoms with E-state index in [9.17, 15) is 0 Å². The van der Waals surface area contributed by atoms with Crippen molar-refractivity contribution in [3.63, 3.8) is 0 Å². The minimum absolute atomic E-state index is 0.424. The van der Waals surface area contributed by atoms with Gasteiger partial charge in [0.25, 0.3) is 0 Å². The van der Waals surface area contributed by atoms with E-state index >= 15 is 0 Å². The number of hydrogen-bond acceptors (Lipinski definition) is 3. The van der Waals surface area contributed by atoms with Gasteiger partial charge in [0.05, 0.1) is 14.3 Å². The van der Waals surface area contributed by atoms with E-state index in [1.54, 1.807) is 11.3 Å². The van der Waals surface area contributed by atoms with Crippen molar-refractivity contribution >= 4 is 61.4 Å². The van der Waals surface area contributed by atoms with Gasteiger partial charge >= 0.3 is 0 Å². The second-order valence-corrected chi connectivity index (χ2v) is 7.18.